The fourth-order valence-corrected chi connectivity index (χ4v) is 4.21. The van der Waals surface area contributed by atoms with E-state index in [-0.39, 0.29) is 0 Å². The predicted molar refractivity (Wildman–Crippen MR) is 71.0 cm³/mol. The van der Waals surface area contributed by atoms with Crippen LogP contribution in [0.4, 0.5) is 0 Å². The van der Waals surface area contributed by atoms with Crippen molar-refractivity contribution in [3.8, 4) is 0 Å². The van der Waals surface area contributed by atoms with E-state index in [1.165, 1.54) is 50.0 Å². The zero-order valence-corrected chi connectivity index (χ0v) is 11.1. The first kappa shape index (κ1) is 12.5. The van der Waals surface area contributed by atoms with Gasteiger partial charge >= 0.3 is 0 Å². The Bertz CT molecular complexity index is 165. The maximum atomic E-state index is 2.28. The van der Waals surface area contributed by atoms with Crippen LogP contribution in [0.1, 0.15) is 52.4 Å². The number of allylic oxidation sites excluding steroid dienone is 2. The summed E-state index contributed by atoms with van der Waals surface area (Å²) < 4.78 is 0. The molecule has 0 aliphatic carbocycles. The largest absolute Gasteiger partial charge is 0.129 e. The minimum atomic E-state index is 1.33. The lowest BCUT2D eigenvalue weighted by atomic mass is 10.2. The third-order valence-corrected chi connectivity index (χ3v) is 5.26. The normalized spacial score (nSPS) is 17.6. The summed E-state index contributed by atoms with van der Waals surface area (Å²) in [5.41, 5.74) is 0. The molecule has 0 saturated carbocycles. The second-order valence-electron chi connectivity index (χ2n) is 3.75. The molecule has 1 aliphatic heterocycles. The molecule has 1 aliphatic rings. The molecular formula is C12H22S2. The second-order valence-corrected chi connectivity index (χ2v) is 6.13. The molecule has 0 aromatic heterocycles. The minimum absolute atomic E-state index is 1.33. The van der Waals surface area contributed by atoms with Crippen molar-refractivity contribution in [1.29, 1.82) is 0 Å². The predicted octanol–water partition coefficient (Wildman–Crippen LogP) is 5.06. The van der Waals surface area contributed by atoms with E-state index in [0.717, 1.165) is 0 Å². The van der Waals surface area contributed by atoms with Crippen molar-refractivity contribution in [2.24, 2.45) is 0 Å². The third kappa shape index (κ3) is 4.31. The molecule has 0 N–H and O–H groups in total. The highest BCUT2D eigenvalue weighted by Crippen LogP contribution is 2.39. The number of thioether (sulfide) groups is 2. The fourth-order valence-electron chi connectivity index (χ4n) is 1.59. The molecule has 0 atom stereocenters. The molecule has 0 aromatic rings. The Balaban J connectivity index is 2.45. The third-order valence-electron chi connectivity index (χ3n) is 2.46. The van der Waals surface area contributed by atoms with Gasteiger partial charge in [0, 0.05) is 11.5 Å². The van der Waals surface area contributed by atoms with Crippen molar-refractivity contribution in [3.63, 3.8) is 0 Å². The van der Waals surface area contributed by atoms with Gasteiger partial charge in [-0.3, -0.25) is 0 Å². The molecule has 0 saturated heterocycles. The summed E-state index contributed by atoms with van der Waals surface area (Å²) in [6, 6.07) is 0. The summed E-state index contributed by atoms with van der Waals surface area (Å²) in [5, 5.41) is 0. The van der Waals surface area contributed by atoms with Crippen molar-refractivity contribution in [2.75, 3.05) is 11.5 Å². The second kappa shape index (κ2) is 7.70. The van der Waals surface area contributed by atoms with E-state index in [2.05, 4.69) is 37.4 Å². The SMILES string of the molecule is CCCCC1=C(CCCC)SCCS1. The van der Waals surface area contributed by atoms with Crippen molar-refractivity contribution >= 4 is 23.5 Å². The van der Waals surface area contributed by atoms with Gasteiger partial charge in [-0.25, -0.2) is 0 Å². The minimum Gasteiger partial charge on any atom is -0.129 e. The van der Waals surface area contributed by atoms with E-state index in [0.29, 0.717) is 0 Å². The molecule has 0 unspecified atom stereocenters. The standard InChI is InChI=1S/C12H22S2/c1-3-5-7-11-12(8-6-4-2)14-10-9-13-11/h3-10H2,1-2H3. The topological polar surface area (TPSA) is 0 Å². The summed E-state index contributed by atoms with van der Waals surface area (Å²) >= 11 is 4.24. The van der Waals surface area contributed by atoms with Crippen LogP contribution in [0.25, 0.3) is 0 Å². The summed E-state index contributed by atoms with van der Waals surface area (Å²) in [6.45, 7) is 4.57. The molecule has 0 spiro atoms. The smallest absolute Gasteiger partial charge is 0.00715 e. The molecule has 0 nitrogen and oxygen atoms in total. The molecule has 82 valence electrons. The maximum absolute atomic E-state index is 2.28. The number of rotatable bonds is 6. The van der Waals surface area contributed by atoms with Crippen LogP contribution in [0.15, 0.2) is 9.81 Å². The highest BCUT2D eigenvalue weighted by atomic mass is 32.2. The lowest BCUT2D eigenvalue weighted by molar-refractivity contribution is 0.782. The van der Waals surface area contributed by atoms with Gasteiger partial charge in [-0.1, -0.05) is 26.7 Å². The fraction of sp³-hybridized carbons (Fsp3) is 0.833. The van der Waals surface area contributed by atoms with Gasteiger partial charge in [0.25, 0.3) is 0 Å². The lowest BCUT2D eigenvalue weighted by Gasteiger charge is -2.19. The van der Waals surface area contributed by atoms with Gasteiger partial charge in [-0.2, -0.15) is 0 Å². The first-order valence-electron chi connectivity index (χ1n) is 5.86. The molecule has 2 heteroatoms. The quantitative estimate of drug-likeness (QED) is 0.625. The number of hydrogen-bond donors (Lipinski definition) is 0. The van der Waals surface area contributed by atoms with Gasteiger partial charge in [0.05, 0.1) is 0 Å². The van der Waals surface area contributed by atoms with E-state index in [9.17, 15) is 0 Å². The van der Waals surface area contributed by atoms with Crippen molar-refractivity contribution in [2.45, 2.75) is 52.4 Å². The van der Waals surface area contributed by atoms with E-state index < -0.39 is 0 Å². The molecule has 0 radical (unpaired) electrons. The Hall–Kier alpha value is 0.440. The molecule has 0 amide bonds. The van der Waals surface area contributed by atoms with E-state index in [4.69, 9.17) is 0 Å². The van der Waals surface area contributed by atoms with Crippen molar-refractivity contribution in [3.05, 3.63) is 9.81 Å². The highest BCUT2D eigenvalue weighted by Gasteiger charge is 2.12. The Morgan fingerprint density at radius 3 is 1.64 bits per heavy atom. The van der Waals surface area contributed by atoms with Crippen molar-refractivity contribution in [1.82, 2.24) is 0 Å². The molecule has 1 heterocycles. The van der Waals surface area contributed by atoms with E-state index in [1.807, 2.05) is 0 Å². The van der Waals surface area contributed by atoms with Crippen LogP contribution in [0.5, 0.6) is 0 Å². The highest BCUT2D eigenvalue weighted by molar-refractivity contribution is 8.09. The first-order valence-corrected chi connectivity index (χ1v) is 7.83. The first-order chi connectivity index (χ1) is 6.88. The van der Waals surface area contributed by atoms with Crippen LogP contribution in [0, 0.1) is 0 Å². The van der Waals surface area contributed by atoms with Crippen LogP contribution < -0.4 is 0 Å². The molecular weight excluding hydrogens is 208 g/mol. The monoisotopic (exact) mass is 230 g/mol. The van der Waals surface area contributed by atoms with E-state index in [1.54, 1.807) is 9.81 Å². The maximum Gasteiger partial charge on any atom is 0.00715 e. The van der Waals surface area contributed by atoms with Gasteiger partial charge in [-0.05, 0) is 35.5 Å². The summed E-state index contributed by atoms with van der Waals surface area (Å²) in [6.07, 6.45) is 8.09. The van der Waals surface area contributed by atoms with Crippen LogP contribution >= 0.6 is 23.5 Å². The van der Waals surface area contributed by atoms with Crippen LogP contribution in [0.2, 0.25) is 0 Å². The van der Waals surface area contributed by atoms with Crippen LogP contribution in [0.3, 0.4) is 0 Å². The molecule has 0 bridgehead atoms. The van der Waals surface area contributed by atoms with Crippen LogP contribution in [-0.2, 0) is 0 Å². The van der Waals surface area contributed by atoms with Crippen LogP contribution in [-0.4, -0.2) is 11.5 Å². The van der Waals surface area contributed by atoms with Gasteiger partial charge in [0.2, 0.25) is 0 Å². The summed E-state index contributed by atoms with van der Waals surface area (Å²) in [4.78, 5) is 3.44. The average Bonchev–Trinajstić information content (AvgIpc) is 2.24. The van der Waals surface area contributed by atoms with Gasteiger partial charge in [-0.15, -0.1) is 23.5 Å². The summed E-state index contributed by atoms with van der Waals surface area (Å²) in [5.74, 6) is 2.67. The van der Waals surface area contributed by atoms with Gasteiger partial charge in [0.1, 0.15) is 0 Å². The zero-order valence-electron chi connectivity index (χ0n) is 9.47. The Kier molecular flexibility index (Phi) is 6.88. The number of hydrogen-bond acceptors (Lipinski definition) is 2. The molecule has 1 rings (SSSR count). The molecule has 0 fully saturated rings. The van der Waals surface area contributed by atoms with Gasteiger partial charge in [0.15, 0.2) is 0 Å². The number of unbranched alkanes of at least 4 members (excludes halogenated alkanes) is 2. The summed E-state index contributed by atoms with van der Waals surface area (Å²) in [7, 11) is 0. The van der Waals surface area contributed by atoms with Gasteiger partial charge < -0.3 is 0 Å². The van der Waals surface area contributed by atoms with Crippen molar-refractivity contribution < 1.29 is 0 Å². The lowest BCUT2D eigenvalue weighted by Crippen LogP contribution is -1.98. The Labute approximate surface area is 97.3 Å². The zero-order chi connectivity index (χ0) is 10.2. The van der Waals surface area contributed by atoms with E-state index >= 15 is 0 Å². The molecule has 0 aromatic carbocycles. The average molecular weight is 230 g/mol. The Morgan fingerprint density at radius 1 is 0.857 bits per heavy atom. The Morgan fingerprint density at radius 2 is 1.29 bits per heavy atom. The molecule has 14 heavy (non-hydrogen) atoms.